The van der Waals surface area contributed by atoms with Gasteiger partial charge in [0, 0.05) is 30.9 Å². The molecule has 0 fully saturated rings. The van der Waals surface area contributed by atoms with E-state index in [-0.39, 0.29) is 17.9 Å². The number of carbonyl (C=O) groups excluding carboxylic acids is 1. The summed E-state index contributed by atoms with van der Waals surface area (Å²) in [7, 11) is 0. The molecule has 0 aliphatic carbocycles. The van der Waals surface area contributed by atoms with Crippen LogP contribution in [0.2, 0.25) is 0 Å². The second-order valence-corrected chi connectivity index (χ2v) is 5.07. The van der Waals surface area contributed by atoms with Crippen molar-refractivity contribution < 1.29 is 4.79 Å². The Morgan fingerprint density at radius 1 is 1.29 bits per heavy atom. The molecule has 2 aromatic rings. The van der Waals surface area contributed by atoms with Crippen LogP contribution < -0.4 is 10.9 Å². The van der Waals surface area contributed by atoms with Crippen molar-refractivity contribution in [2.24, 2.45) is 0 Å². The molecule has 0 aliphatic heterocycles. The zero-order valence-electron chi connectivity index (χ0n) is 12.5. The Labute approximate surface area is 123 Å². The first-order valence-corrected chi connectivity index (χ1v) is 6.87. The van der Waals surface area contributed by atoms with Crippen LogP contribution in [0.3, 0.4) is 0 Å². The van der Waals surface area contributed by atoms with Crippen LogP contribution >= 0.6 is 0 Å². The molecule has 0 radical (unpaired) electrons. The lowest BCUT2D eigenvalue weighted by Crippen LogP contribution is -2.22. The third-order valence-corrected chi connectivity index (χ3v) is 3.27. The summed E-state index contributed by atoms with van der Waals surface area (Å²) < 4.78 is 1.52. The summed E-state index contributed by atoms with van der Waals surface area (Å²) in [6, 6.07) is 6.88. The molecule has 1 amide bonds. The highest BCUT2D eigenvalue weighted by Gasteiger charge is 2.09. The Balaban J connectivity index is 2.03. The molecule has 2 aromatic heterocycles. The van der Waals surface area contributed by atoms with Crippen LogP contribution in [0.4, 0.5) is 5.69 Å². The predicted molar refractivity (Wildman–Crippen MR) is 82.4 cm³/mol. The average Bonchev–Trinajstić information content (AvgIpc) is 2.42. The number of hydrogen-bond donors (Lipinski definition) is 1. The molecule has 0 saturated heterocycles. The molecule has 21 heavy (non-hydrogen) atoms. The Morgan fingerprint density at radius 3 is 2.71 bits per heavy atom. The Kier molecular flexibility index (Phi) is 4.52. The molecule has 0 atom stereocenters. The van der Waals surface area contributed by atoms with Gasteiger partial charge in [-0.3, -0.25) is 14.6 Å². The van der Waals surface area contributed by atoms with E-state index in [9.17, 15) is 9.59 Å². The highest BCUT2D eigenvalue weighted by Crippen LogP contribution is 2.19. The molecule has 0 saturated carbocycles. The highest BCUT2D eigenvalue weighted by molar-refractivity contribution is 5.92. The summed E-state index contributed by atoms with van der Waals surface area (Å²) in [5, 5.41) is 2.88. The lowest BCUT2D eigenvalue weighted by molar-refractivity contribution is -0.116. The number of aryl methyl sites for hydroxylation is 4. The molecule has 2 heterocycles. The first-order chi connectivity index (χ1) is 9.97. The highest BCUT2D eigenvalue weighted by atomic mass is 16.1. The fourth-order valence-electron chi connectivity index (χ4n) is 2.28. The van der Waals surface area contributed by atoms with Gasteiger partial charge >= 0.3 is 0 Å². The van der Waals surface area contributed by atoms with Crippen LogP contribution in [0.15, 0.2) is 35.3 Å². The molecule has 5 heteroatoms. The molecule has 2 rings (SSSR count). The van der Waals surface area contributed by atoms with Crippen molar-refractivity contribution in [3.8, 4) is 0 Å². The van der Waals surface area contributed by atoms with Crippen molar-refractivity contribution in [1.82, 2.24) is 9.55 Å². The van der Waals surface area contributed by atoms with Crippen molar-refractivity contribution in [3.05, 3.63) is 57.8 Å². The van der Waals surface area contributed by atoms with Gasteiger partial charge < -0.3 is 9.88 Å². The third kappa shape index (κ3) is 3.78. The minimum absolute atomic E-state index is 0.102. The number of pyridine rings is 2. The van der Waals surface area contributed by atoms with E-state index in [1.165, 1.54) is 10.6 Å². The van der Waals surface area contributed by atoms with Gasteiger partial charge in [0.1, 0.15) is 0 Å². The van der Waals surface area contributed by atoms with Gasteiger partial charge in [-0.1, -0.05) is 6.07 Å². The summed E-state index contributed by atoms with van der Waals surface area (Å²) >= 11 is 0. The number of anilines is 1. The fourth-order valence-corrected chi connectivity index (χ4v) is 2.28. The number of nitrogens with one attached hydrogen (secondary N) is 1. The standard InChI is InChI=1S/C16H19N3O2/c1-11-10-12(2)17-13(3)16(11)18-14(20)7-9-19-8-5-4-6-15(19)21/h4-6,8,10H,7,9H2,1-3H3,(H,18,20). The molecule has 0 aromatic carbocycles. The Morgan fingerprint density at radius 2 is 2.05 bits per heavy atom. The average molecular weight is 285 g/mol. The minimum Gasteiger partial charge on any atom is -0.324 e. The summed E-state index contributed by atoms with van der Waals surface area (Å²) in [4.78, 5) is 27.9. The number of rotatable bonds is 4. The normalized spacial score (nSPS) is 10.4. The van der Waals surface area contributed by atoms with Crippen molar-refractivity contribution in [2.45, 2.75) is 33.7 Å². The summed E-state index contributed by atoms with van der Waals surface area (Å²) in [6.45, 7) is 6.10. The topological polar surface area (TPSA) is 64.0 Å². The quantitative estimate of drug-likeness (QED) is 0.936. The van der Waals surface area contributed by atoms with E-state index in [1.807, 2.05) is 26.8 Å². The molecule has 0 aliphatic rings. The van der Waals surface area contributed by atoms with E-state index in [0.717, 1.165) is 22.6 Å². The third-order valence-electron chi connectivity index (χ3n) is 3.27. The smallest absolute Gasteiger partial charge is 0.250 e. The van der Waals surface area contributed by atoms with Gasteiger partial charge in [0.2, 0.25) is 5.91 Å². The number of aromatic nitrogens is 2. The van der Waals surface area contributed by atoms with Crippen LogP contribution in [-0.4, -0.2) is 15.5 Å². The molecule has 5 nitrogen and oxygen atoms in total. The molecule has 0 spiro atoms. The second-order valence-electron chi connectivity index (χ2n) is 5.07. The predicted octanol–water partition coefficient (Wildman–Crippen LogP) is 2.20. The van der Waals surface area contributed by atoms with Crippen LogP contribution in [0.25, 0.3) is 0 Å². The lowest BCUT2D eigenvalue weighted by Gasteiger charge is -2.12. The second kappa shape index (κ2) is 6.35. The van der Waals surface area contributed by atoms with Gasteiger partial charge in [0.15, 0.2) is 0 Å². The molecular weight excluding hydrogens is 266 g/mol. The van der Waals surface area contributed by atoms with Gasteiger partial charge in [0.05, 0.1) is 11.4 Å². The largest absolute Gasteiger partial charge is 0.324 e. The maximum atomic E-state index is 12.0. The van der Waals surface area contributed by atoms with E-state index in [2.05, 4.69) is 10.3 Å². The van der Waals surface area contributed by atoms with E-state index in [1.54, 1.807) is 18.3 Å². The van der Waals surface area contributed by atoms with Crippen molar-refractivity contribution in [3.63, 3.8) is 0 Å². The van der Waals surface area contributed by atoms with Gasteiger partial charge in [-0.05, 0) is 38.5 Å². The first kappa shape index (κ1) is 15.0. The van der Waals surface area contributed by atoms with E-state index >= 15 is 0 Å². The molecule has 110 valence electrons. The monoisotopic (exact) mass is 285 g/mol. The summed E-state index contributed by atoms with van der Waals surface area (Å²) in [5.41, 5.74) is 3.38. The number of carbonyl (C=O) groups is 1. The van der Waals surface area contributed by atoms with E-state index in [4.69, 9.17) is 0 Å². The van der Waals surface area contributed by atoms with Crippen LogP contribution in [-0.2, 0) is 11.3 Å². The first-order valence-electron chi connectivity index (χ1n) is 6.87. The molecule has 0 unspecified atom stereocenters. The molecule has 1 N–H and O–H groups in total. The van der Waals surface area contributed by atoms with Gasteiger partial charge in [0.25, 0.3) is 5.56 Å². The van der Waals surface area contributed by atoms with Crippen molar-refractivity contribution in [1.29, 1.82) is 0 Å². The van der Waals surface area contributed by atoms with Crippen LogP contribution in [0.5, 0.6) is 0 Å². The van der Waals surface area contributed by atoms with Gasteiger partial charge in [-0.15, -0.1) is 0 Å². The summed E-state index contributed by atoms with van der Waals surface area (Å²) in [5.74, 6) is -0.123. The van der Waals surface area contributed by atoms with E-state index < -0.39 is 0 Å². The number of amides is 1. The zero-order valence-corrected chi connectivity index (χ0v) is 12.5. The fraction of sp³-hybridized carbons (Fsp3) is 0.312. The summed E-state index contributed by atoms with van der Waals surface area (Å²) in [6.07, 6.45) is 1.93. The van der Waals surface area contributed by atoms with E-state index in [0.29, 0.717) is 6.54 Å². The van der Waals surface area contributed by atoms with Crippen molar-refractivity contribution in [2.75, 3.05) is 5.32 Å². The van der Waals surface area contributed by atoms with Gasteiger partial charge in [-0.2, -0.15) is 0 Å². The Hall–Kier alpha value is -2.43. The van der Waals surface area contributed by atoms with Crippen molar-refractivity contribution >= 4 is 11.6 Å². The molecule has 0 bridgehead atoms. The molecular formula is C16H19N3O2. The SMILES string of the molecule is Cc1cc(C)c(NC(=O)CCn2ccccc2=O)c(C)n1. The maximum absolute atomic E-state index is 12.0. The van der Waals surface area contributed by atoms with Crippen LogP contribution in [0.1, 0.15) is 23.4 Å². The maximum Gasteiger partial charge on any atom is 0.250 e. The zero-order chi connectivity index (χ0) is 15.4. The number of nitrogens with zero attached hydrogens (tertiary/aromatic N) is 2. The van der Waals surface area contributed by atoms with Gasteiger partial charge in [-0.25, -0.2) is 0 Å². The Bertz CT molecular complexity index is 696. The number of hydrogen-bond acceptors (Lipinski definition) is 3. The van der Waals surface area contributed by atoms with Crippen LogP contribution in [0, 0.1) is 20.8 Å². The lowest BCUT2D eigenvalue weighted by atomic mass is 10.1. The minimum atomic E-state index is -0.123.